The Kier molecular flexibility index (Phi) is 7.76. The highest BCUT2D eigenvalue weighted by molar-refractivity contribution is 9.10. The summed E-state index contributed by atoms with van der Waals surface area (Å²) in [7, 11) is -4.40. The van der Waals surface area contributed by atoms with Gasteiger partial charge in [0.2, 0.25) is 5.95 Å². The smallest absolute Gasteiger partial charge is 0.404 e. The van der Waals surface area contributed by atoms with Crippen LogP contribution < -0.4 is 15.4 Å². The van der Waals surface area contributed by atoms with Crippen molar-refractivity contribution >= 4 is 43.8 Å². The predicted octanol–water partition coefficient (Wildman–Crippen LogP) is 2.98. The zero-order chi connectivity index (χ0) is 25.1. The number of amides is 2. The van der Waals surface area contributed by atoms with E-state index in [4.69, 9.17) is 10.5 Å². The molecule has 0 radical (unpaired) electrons. The van der Waals surface area contributed by atoms with Crippen molar-refractivity contribution < 1.29 is 27.1 Å². The maximum absolute atomic E-state index is 13.4. The SMILES string of the molecule is CC1(C)C[C@H](CCCOC(N)=O)CN1c1nc(Br)ccc1C(=O)NS(=O)(=O)c1cccc(F)n1. The lowest BCUT2D eigenvalue weighted by Crippen LogP contribution is -2.41. The lowest BCUT2D eigenvalue weighted by molar-refractivity contribution is 0.0981. The summed E-state index contributed by atoms with van der Waals surface area (Å²) in [5.41, 5.74) is 4.65. The quantitative estimate of drug-likeness (QED) is 0.372. The number of primary amides is 1. The van der Waals surface area contributed by atoms with Gasteiger partial charge >= 0.3 is 6.09 Å². The van der Waals surface area contributed by atoms with Crippen molar-refractivity contribution in [2.75, 3.05) is 18.1 Å². The van der Waals surface area contributed by atoms with Crippen LogP contribution in [-0.4, -0.2) is 49.1 Å². The summed E-state index contributed by atoms with van der Waals surface area (Å²) >= 11 is 3.32. The number of hydrogen-bond acceptors (Lipinski definition) is 8. The summed E-state index contributed by atoms with van der Waals surface area (Å²) in [5.74, 6) is -1.35. The average molecular weight is 558 g/mol. The van der Waals surface area contributed by atoms with Crippen molar-refractivity contribution in [1.29, 1.82) is 0 Å². The molecule has 13 heteroatoms. The van der Waals surface area contributed by atoms with Crippen LogP contribution in [0.1, 0.15) is 43.5 Å². The Balaban J connectivity index is 1.83. The molecule has 0 spiro atoms. The fraction of sp³-hybridized carbons (Fsp3) is 0.429. The van der Waals surface area contributed by atoms with E-state index in [0.717, 1.165) is 25.0 Å². The molecule has 1 atom stereocenters. The van der Waals surface area contributed by atoms with Gasteiger partial charge in [0.05, 0.1) is 12.2 Å². The van der Waals surface area contributed by atoms with E-state index < -0.39 is 33.0 Å². The van der Waals surface area contributed by atoms with Gasteiger partial charge in [0.1, 0.15) is 10.4 Å². The molecule has 3 rings (SSSR count). The first kappa shape index (κ1) is 25.8. The Labute approximate surface area is 205 Å². The van der Waals surface area contributed by atoms with Crippen LogP contribution >= 0.6 is 15.9 Å². The molecule has 2 aromatic heterocycles. The molecule has 184 valence electrons. The molecule has 10 nitrogen and oxygen atoms in total. The minimum absolute atomic E-state index is 0.0500. The van der Waals surface area contributed by atoms with Gasteiger partial charge in [-0.25, -0.2) is 19.5 Å². The highest BCUT2D eigenvalue weighted by atomic mass is 79.9. The molecule has 2 aromatic rings. The number of halogens is 2. The second kappa shape index (κ2) is 10.2. The molecule has 3 N–H and O–H groups in total. The monoisotopic (exact) mass is 557 g/mol. The van der Waals surface area contributed by atoms with Crippen molar-refractivity contribution in [1.82, 2.24) is 14.7 Å². The number of rotatable bonds is 8. The van der Waals surface area contributed by atoms with Crippen LogP contribution in [0.4, 0.5) is 15.0 Å². The molecule has 1 saturated heterocycles. The maximum atomic E-state index is 13.4. The van der Waals surface area contributed by atoms with Crippen molar-refractivity contribution in [2.45, 2.75) is 43.7 Å². The Morgan fingerprint density at radius 3 is 2.71 bits per heavy atom. The normalized spacial score (nSPS) is 17.4. The van der Waals surface area contributed by atoms with Gasteiger partial charge in [-0.2, -0.15) is 12.8 Å². The number of aromatic nitrogens is 2. The third-order valence-electron chi connectivity index (χ3n) is 5.49. The Morgan fingerprint density at radius 1 is 1.29 bits per heavy atom. The van der Waals surface area contributed by atoms with E-state index in [1.54, 1.807) is 0 Å². The van der Waals surface area contributed by atoms with Crippen LogP contribution in [0.3, 0.4) is 0 Å². The molecule has 2 amide bonds. The van der Waals surface area contributed by atoms with E-state index in [0.29, 0.717) is 23.4 Å². The number of ether oxygens (including phenoxy) is 1. The summed E-state index contributed by atoms with van der Waals surface area (Å²) < 4.78 is 45.8. The molecular weight excluding hydrogens is 533 g/mol. The minimum Gasteiger partial charge on any atom is -0.450 e. The number of hydrogen-bond donors (Lipinski definition) is 2. The van der Waals surface area contributed by atoms with Crippen LogP contribution in [0.25, 0.3) is 0 Å². The standard InChI is InChI=1S/C21H25BrFN5O5S/c1-21(2)11-13(5-4-10-33-20(24)30)12-28(21)18-14(8-9-15(22)25-18)19(29)27-34(31,32)17-7-3-6-16(23)26-17/h3,6-9,13H,4-5,10-12H2,1-2H3,(H2,24,30)(H,27,29)/t13-/m0/s1. The van der Waals surface area contributed by atoms with Crippen molar-refractivity contribution in [3.8, 4) is 0 Å². The van der Waals surface area contributed by atoms with Gasteiger partial charge in [0, 0.05) is 12.1 Å². The molecule has 1 aliphatic heterocycles. The molecule has 0 aromatic carbocycles. The molecular formula is C21H25BrFN5O5S. The van der Waals surface area contributed by atoms with Gasteiger partial charge < -0.3 is 15.4 Å². The maximum Gasteiger partial charge on any atom is 0.404 e. The van der Waals surface area contributed by atoms with Crippen molar-refractivity contribution in [3.05, 3.63) is 46.4 Å². The Bertz CT molecular complexity index is 1190. The summed E-state index contributed by atoms with van der Waals surface area (Å²) in [4.78, 5) is 33.5. The van der Waals surface area contributed by atoms with E-state index in [1.807, 2.05) is 23.5 Å². The minimum atomic E-state index is -4.40. The summed E-state index contributed by atoms with van der Waals surface area (Å²) in [6, 6.07) is 6.29. The number of carbonyl (C=O) groups is 2. The topological polar surface area (TPSA) is 145 Å². The molecule has 34 heavy (non-hydrogen) atoms. The molecule has 3 heterocycles. The van der Waals surface area contributed by atoms with Gasteiger partial charge in [-0.1, -0.05) is 6.07 Å². The fourth-order valence-electron chi connectivity index (χ4n) is 4.07. The van der Waals surface area contributed by atoms with Gasteiger partial charge in [-0.15, -0.1) is 0 Å². The highest BCUT2D eigenvalue weighted by Gasteiger charge is 2.40. The van der Waals surface area contributed by atoms with Gasteiger partial charge in [-0.3, -0.25) is 4.79 Å². The van der Waals surface area contributed by atoms with E-state index in [1.165, 1.54) is 18.2 Å². The molecule has 0 bridgehead atoms. The summed E-state index contributed by atoms with van der Waals surface area (Å²) in [5, 5.41) is -0.604. The predicted molar refractivity (Wildman–Crippen MR) is 125 cm³/mol. The third-order valence-corrected chi connectivity index (χ3v) is 7.17. The fourth-order valence-corrected chi connectivity index (χ4v) is 5.30. The first-order valence-electron chi connectivity index (χ1n) is 10.5. The van der Waals surface area contributed by atoms with Crippen LogP contribution in [0.2, 0.25) is 0 Å². The second-order valence-corrected chi connectivity index (χ2v) is 11.0. The summed E-state index contributed by atoms with van der Waals surface area (Å²) in [6.45, 7) is 4.79. The number of anilines is 1. The first-order valence-corrected chi connectivity index (χ1v) is 12.7. The second-order valence-electron chi connectivity index (χ2n) is 8.54. The van der Waals surface area contributed by atoms with E-state index in [9.17, 15) is 22.4 Å². The number of nitrogens with zero attached hydrogens (tertiary/aromatic N) is 3. The molecule has 0 saturated carbocycles. The zero-order valence-corrected chi connectivity index (χ0v) is 21.0. The van der Waals surface area contributed by atoms with Crippen LogP contribution in [0, 0.1) is 11.9 Å². The van der Waals surface area contributed by atoms with Crippen LogP contribution in [0.5, 0.6) is 0 Å². The van der Waals surface area contributed by atoms with E-state index in [-0.39, 0.29) is 23.6 Å². The number of nitrogens with two attached hydrogens (primary N) is 1. The third kappa shape index (κ3) is 6.20. The molecule has 1 aliphatic rings. The lowest BCUT2D eigenvalue weighted by Gasteiger charge is -2.33. The molecule has 0 unspecified atom stereocenters. The lowest BCUT2D eigenvalue weighted by atomic mass is 9.93. The number of pyridine rings is 2. The van der Waals surface area contributed by atoms with Crippen LogP contribution in [0.15, 0.2) is 40.0 Å². The molecule has 0 aliphatic carbocycles. The largest absolute Gasteiger partial charge is 0.450 e. The molecule has 1 fully saturated rings. The van der Waals surface area contributed by atoms with E-state index in [2.05, 4.69) is 25.9 Å². The summed E-state index contributed by atoms with van der Waals surface area (Å²) in [6.07, 6.45) is 1.37. The first-order chi connectivity index (χ1) is 15.9. The van der Waals surface area contributed by atoms with Gasteiger partial charge in [0.15, 0.2) is 5.03 Å². The number of carbonyl (C=O) groups excluding carboxylic acids is 2. The van der Waals surface area contributed by atoms with Crippen molar-refractivity contribution in [2.24, 2.45) is 11.7 Å². The number of nitrogens with one attached hydrogen (secondary N) is 1. The Hall–Kier alpha value is -2.80. The number of sulfonamides is 1. The Morgan fingerprint density at radius 2 is 2.03 bits per heavy atom. The van der Waals surface area contributed by atoms with Gasteiger partial charge in [-0.05, 0) is 79.2 Å². The highest BCUT2D eigenvalue weighted by Crippen LogP contribution is 2.39. The van der Waals surface area contributed by atoms with Crippen LogP contribution in [-0.2, 0) is 14.8 Å². The average Bonchev–Trinajstić information content (AvgIpc) is 3.04. The zero-order valence-electron chi connectivity index (χ0n) is 18.6. The van der Waals surface area contributed by atoms with Gasteiger partial charge in [0.25, 0.3) is 15.9 Å². The van der Waals surface area contributed by atoms with E-state index >= 15 is 0 Å². The van der Waals surface area contributed by atoms with Crippen molar-refractivity contribution in [3.63, 3.8) is 0 Å².